The minimum Gasteiger partial charge on any atom is -0.326 e. The van der Waals surface area contributed by atoms with Crippen molar-refractivity contribution in [2.75, 3.05) is 5.32 Å². The van der Waals surface area contributed by atoms with Gasteiger partial charge in [0.2, 0.25) is 15.9 Å². The maximum absolute atomic E-state index is 14.3. The normalized spacial score (nSPS) is 11.9. The molecule has 1 heterocycles. The molecule has 3 aromatic rings. The van der Waals surface area contributed by atoms with E-state index >= 15 is 0 Å². The molecule has 0 aliphatic rings. The van der Waals surface area contributed by atoms with Crippen LogP contribution >= 0.6 is 0 Å². The topological polar surface area (TPSA) is 102 Å². The molecule has 1 aromatic heterocycles. The Morgan fingerprint density at radius 1 is 1.10 bits per heavy atom. The van der Waals surface area contributed by atoms with E-state index in [1.165, 1.54) is 44.4 Å². The monoisotopic (exact) mass is 441 g/mol. The number of nitrogens with two attached hydrogens (primary N) is 1. The highest BCUT2D eigenvalue weighted by molar-refractivity contribution is 7.89. The Hall–Kier alpha value is -3.10. The molecule has 1 amide bonds. The van der Waals surface area contributed by atoms with E-state index < -0.39 is 15.7 Å². The number of nitrogens with zero attached hydrogens (tertiary/aromatic N) is 1. The molecule has 0 saturated heterocycles. The Kier molecular flexibility index (Phi) is 6.24. The number of rotatable bonds is 6. The molecule has 0 spiro atoms. The Balaban J connectivity index is 1.92. The van der Waals surface area contributed by atoms with Crippen molar-refractivity contribution in [1.29, 1.82) is 0 Å². The number of hydrogen-bond donors (Lipinski definition) is 2. The van der Waals surface area contributed by atoms with Crippen LogP contribution in [0.15, 0.2) is 65.8 Å². The lowest BCUT2D eigenvalue weighted by atomic mass is 9.98. The number of primary sulfonamides is 1. The zero-order chi connectivity index (χ0) is 22.8. The molecule has 0 unspecified atom stereocenters. The molecule has 0 atom stereocenters. The maximum Gasteiger partial charge on any atom is 0.238 e. The predicted molar refractivity (Wildman–Crippen MR) is 119 cm³/mol. The van der Waals surface area contributed by atoms with E-state index in [4.69, 9.17) is 5.14 Å². The lowest BCUT2D eigenvalue weighted by Crippen LogP contribution is -2.17. The number of nitrogens with one attached hydrogen (secondary N) is 1. The van der Waals surface area contributed by atoms with Crippen LogP contribution in [0.25, 0.3) is 11.1 Å². The highest BCUT2D eigenvalue weighted by Crippen LogP contribution is 2.32. The van der Waals surface area contributed by atoms with Crippen LogP contribution in [0.5, 0.6) is 0 Å². The molecule has 8 heteroatoms. The average Bonchev–Trinajstić information content (AvgIpc) is 2.68. The molecule has 0 aliphatic carbocycles. The predicted octanol–water partition coefficient (Wildman–Crippen LogP) is 4.09. The van der Waals surface area contributed by atoms with Gasteiger partial charge < -0.3 is 5.32 Å². The first kappa shape index (κ1) is 22.6. The summed E-state index contributed by atoms with van der Waals surface area (Å²) >= 11 is 0. The number of anilines is 1. The molecule has 31 heavy (non-hydrogen) atoms. The van der Waals surface area contributed by atoms with E-state index in [0.29, 0.717) is 16.8 Å². The number of aromatic nitrogens is 1. The lowest BCUT2D eigenvalue weighted by Gasteiger charge is -2.16. The van der Waals surface area contributed by atoms with Gasteiger partial charge in [-0.3, -0.25) is 9.78 Å². The molecule has 0 aliphatic heterocycles. The molecule has 3 N–H and O–H groups in total. The second-order valence-corrected chi connectivity index (χ2v) is 9.43. The summed E-state index contributed by atoms with van der Waals surface area (Å²) in [6.07, 6.45) is 2.97. The van der Waals surface area contributed by atoms with E-state index in [1.807, 2.05) is 31.2 Å². The Bertz CT molecular complexity index is 1220. The first-order valence-corrected chi connectivity index (χ1v) is 11.2. The van der Waals surface area contributed by atoms with E-state index in [-0.39, 0.29) is 22.8 Å². The van der Waals surface area contributed by atoms with Gasteiger partial charge in [-0.15, -0.1) is 0 Å². The van der Waals surface area contributed by atoms with Crippen LogP contribution in [0.2, 0.25) is 0 Å². The summed E-state index contributed by atoms with van der Waals surface area (Å²) in [4.78, 5) is 16.2. The Labute approximate surface area is 181 Å². The Morgan fingerprint density at radius 3 is 2.39 bits per heavy atom. The summed E-state index contributed by atoms with van der Waals surface area (Å²) in [6, 6.07) is 13.5. The van der Waals surface area contributed by atoms with E-state index in [2.05, 4.69) is 10.3 Å². The van der Waals surface area contributed by atoms with Gasteiger partial charge in [0, 0.05) is 34.8 Å². The third kappa shape index (κ3) is 5.74. The summed E-state index contributed by atoms with van der Waals surface area (Å²) in [5, 5.41) is 8.12. The minimum absolute atomic E-state index is 0.143. The van der Waals surface area contributed by atoms with Crippen LogP contribution in [0.4, 0.5) is 10.1 Å². The number of carbonyl (C=O) groups excluding carboxylic acids is 1. The number of sulfonamides is 1. The number of alkyl halides is 1. The average molecular weight is 442 g/mol. The van der Waals surface area contributed by atoms with Crippen molar-refractivity contribution < 1.29 is 17.6 Å². The summed E-state index contributed by atoms with van der Waals surface area (Å²) < 4.78 is 38.8. The highest BCUT2D eigenvalue weighted by Gasteiger charge is 2.22. The Morgan fingerprint density at radius 2 is 1.77 bits per heavy atom. The van der Waals surface area contributed by atoms with Crippen LogP contribution in [-0.4, -0.2) is 19.3 Å². The van der Waals surface area contributed by atoms with E-state index in [1.54, 1.807) is 6.07 Å². The SMILES string of the molecule is Cc1ccc(CC(=O)Nc2ccc(-c3cncc(C(C)(C)F)c3)c(S(N)(=O)=O)c2)cc1. The smallest absolute Gasteiger partial charge is 0.238 e. The van der Waals surface area contributed by atoms with Crippen molar-refractivity contribution >= 4 is 21.6 Å². The van der Waals surface area contributed by atoms with Gasteiger partial charge in [0.25, 0.3) is 0 Å². The van der Waals surface area contributed by atoms with Gasteiger partial charge in [0.05, 0.1) is 11.3 Å². The molecule has 162 valence electrons. The molecule has 0 saturated carbocycles. The van der Waals surface area contributed by atoms with Crippen LogP contribution in [-0.2, 0) is 26.9 Å². The van der Waals surface area contributed by atoms with Gasteiger partial charge in [-0.25, -0.2) is 17.9 Å². The van der Waals surface area contributed by atoms with Crippen molar-refractivity contribution in [3.8, 4) is 11.1 Å². The number of pyridine rings is 1. The quantitative estimate of drug-likeness (QED) is 0.601. The zero-order valence-corrected chi connectivity index (χ0v) is 18.3. The van der Waals surface area contributed by atoms with Gasteiger partial charge in [-0.05, 0) is 44.5 Å². The number of benzene rings is 2. The second kappa shape index (κ2) is 8.56. The molecule has 0 radical (unpaired) electrons. The largest absolute Gasteiger partial charge is 0.326 e. The van der Waals surface area contributed by atoms with Crippen molar-refractivity contribution in [1.82, 2.24) is 4.98 Å². The molecule has 0 bridgehead atoms. The van der Waals surface area contributed by atoms with E-state index in [9.17, 15) is 17.6 Å². The van der Waals surface area contributed by atoms with Crippen LogP contribution < -0.4 is 10.5 Å². The van der Waals surface area contributed by atoms with E-state index in [0.717, 1.165) is 11.1 Å². The van der Waals surface area contributed by atoms with Gasteiger partial charge in [0.15, 0.2) is 0 Å². The fourth-order valence-electron chi connectivity index (χ4n) is 3.08. The van der Waals surface area contributed by atoms with Crippen LogP contribution in [0, 0.1) is 6.92 Å². The van der Waals surface area contributed by atoms with Gasteiger partial charge in [-0.2, -0.15) is 0 Å². The van der Waals surface area contributed by atoms with Crippen molar-refractivity contribution in [2.24, 2.45) is 5.14 Å². The molecule has 2 aromatic carbocycles. The molecule has 0 fully saturated rings. The maximum atomic E-state index is 14.3. The van der Waals surface area contributed by atoms with Crippen LogP contribution in [0.1, 0.15) is 30.5 Å². The summed E-state index contributed by atoms with van der Waals surface area (Å²) in [5.41, 5.74) is 1.56. The van der Waals surface area contributed by atoms with Crippen molar-refractivity contribution in [3.05, 3.63) is 77.6 Å². The third-order valence-electron chi connectivity index (χ3n) is 4.79. The van der Waals surface area contributed by atoms with Crippen LogP contribution in [0.3, 0.4) is 0 Å². The zero-order valence-electron chi connectivity index (χ0n) is 17.5. The fraction of sp³-hybridized carbons (Fsp3) is 0.217. The summed E-state index contributed by atoms with van der Waals surface area (Å²) in [6.45, 7) is 4.74. The lowest BCUT2D eigenvalue weighted by molar-refractivity contribution is -0.115. The van der Waals surface area contributed by atoms with Crippen molar-refractivity contribution in [2.45, 2.75) is 37.8 Å². The standard InChI is InChI=1S/C23H24FN3O3S/c1-15-4-6-16(7-5-15)10-22(28)27-19-8-9-20(21(12-19)31(25,29)30)17-11-18(14-26-13-17)23(2,3)24/h4-9,11-14H,10H2,1-3H3,(H,27,28)(H2,25,29,30). The summed E-state index contributed by atoms with van der Waals surface area (Å²) in [5.74, 6) is -0.292. The first-order valence-electron chi connectivity index (χ1n) is 9.60. The van der Waals surface area contributed by atoms with Gasteiger partial charge >= 0.3 is 0 Å². The second-order valence-electron chi connectivity index (χ2n) is 7.90. The number of carbonyl (C=O) groups is 1. The highest BCUT2D eigenvalue weighted by atomic mass is 32.2. The number of aryl methyl sites for hydroxylation is 1. The summed E-state index contributed by atoms with van der Waals surface area (Å²) in [7, 11) is -4.12. The fourth-order valence-corrected chi connectivity index (χ4v) is 3.87. The minimum atomic E-state index is -4.12. The third-order valence-corrected chi connectivity index (χ3v) is 5.74. The molecular weight excluding hydrogens is 417 g/mol. The number of hydrogen-bond acceptors (Lipinski definition) is 4. The molecule has 3 rings (SSSR count). The van der Waals surface area contributed by atoms with Gasteiger partial charge in [0.1, 0.15) is 5.67 Å². The number of amides is 1. The van der Waals surface area contributed by atoms with Gasteiger partial charge in [-0.1, -0.05) is 35.9 Å². The first-order chi connectivity index (χ1) is 14.4. The molecule has 6 nitrogen and oxygen atoms in total. The molecular formula is C23H24FN3O3S. The number of halogens is 1. The van der Waals surface area contributed by atoms with Crippen molar-refractivity contribution in [3.63, 3.8) is 0 Å².